The number of urea groups is 1. The second kappa shape index (κ2) is 9.00. The van der Waals surface area contributed by atoms with Crippen LogP contribution in [0, 0.1) is 0 Å². The van der Waals surface area contributed by atoms with Crippen molar-refractivity contribution in [1.82, 2.24) is 24.6 Å². The number of likely N-dealkylation sites (tertiary alicyclic amines) is 1. The molecule has 0 bridgehead atoms. The molecule has 1 saturated heterocycles. The SMILES string of the molecule is COc1cccc(-c2nc([C@@H]3CCCN(C(=O)NCc4nccs4)C3)n3ccccc23)c1. The number of imidazole rings is 1. The first-order chi connectivity index (χ1) is 15.7. The van der Waals surface area contributed by atoms with E-state index < -0.39 is 0 Å². The van der Waals surface area contributed by atoms with Gasteiger partial charge in [0, 0.05) is 42.3 Å². The summed E-state index contributed by atoms with van der Waals surface area (Å²) in [6.07, 6.45) is 5.77. The Morgan fingerprint density at radius 1 is 1.28 bits per heavy atom. The second-order valence-electron chi connectivity index (χ2n) is 7.88. The Balaban J connectivity index is 1.41. The Kier molecular flexibility index (Phi) is 5.77. The molecule has 4 heterocycles. The van der Waals surface area contributed by atoms with E-state index in [0.29, 0.717) is 13.1 Å². The molecular formula is C24H25N5O2S. The molecule has 4 aromatic rings. The summed E-state index contributed by atoms with van der Waals surface area (Å²) < 4.78 is 7.58. The van der Waals surface area contributed by atoms with E-state index in [4.69, 9.17) is 9.72 Å². The number of hydrogen-bond acceptors (Lipinski definition) is 5. The van der Waals surface area contributed by atoms with Crippen LogP contribution < -0.4 is 10.1 Å². The third kappa shape index (κ3) is 4.05. The Morgan fingerprint density at radius 3 is 3.06 bits per heavy atom. The van der Waals surface area contributed by atoms with Crippen molar-refractivity contribution in [3.05, 3.63) is 71.1 Å². The Hall–Kier alpha value is -3.39. The molecule has 2 amide bonds. The lowest BCUT2D eigenvalue weighted by Crippen LogP contribution is -2.45. The Morgan fingerprint density at radius 2 is 2.22 bits per heavy atom. The number of pyridine rings is 1. The Labute approximate surface area is 190 Å². The number of amides is 2. The first-order valence-corrected chi connectivity index (χ1v) is 11.6. The largest absolute Gasteiger partial charge is 0.497 e. The molecule has 1 aromatic carbocycles. The van der Waals surface area contributed by atoms with Crippen molar-refractivity contribution in [1.29, 1.82) is 0 Å². The molecule has 3 aromatic heterocycles. The van der Waals surface area contributed by atoms with Gasteiger partial charge in [0.25, 0.3) is 0 Å². The van der Waals surface area contributed by atoms with Crippen molar-refractivity contribution < 1.29 is 9.53 Å². The van der Waals surface area contributed by atoms with Crippen LogP contribution in [0.15, 0.2) is 60.2 Å². The van der Waals surface area contributed by atoms with E-state index in [1.54, 1.807) is 24.6 Å². The molecule has 7 nitrogen and oxygen atoms in total. The van der Waals surface area contributed by atoms with E-state index >= 15 is 0 Å². The van der Waals surface area contributed by atoms with Gasteiger partial charge in [-0.3, -0.25) is 0 Å². The zero-order valence-corrected chi connectivity index (χ0v) is 18.7. The van der Waals surface area contributed by atoms with Crippen LogP contribution in [-0.4, -0.2) is 45.5 Å². The predicted molar refractivity (Wildman–Crippen MR) is 125 cm³/mol. The van der Waals surface area contributed by atoms with Gasteiger partial charge in [0.1, 0.15) is 16.6 Å². The molecule has 0 aliphatic carbocycles. The van der Waals surface area contributed by atoms with E-state index in [9.17, 15) is 4.79 Å². The van der Waals surface area contributed by atoms with Gasteiger partial charge in [-0.25, -0.2) is 14.8 Å². The van der Waals surface area contributed by atoms with Crippen molar-refractivity contribution in [3.63, 3.8) is 0 Å². The molecule has 1 N–H and O–H groups in total. The maximum atomic E-state index is 12.8. The van der Waals surface area contributed by atoms with Crippen LogP contribution in [0.2, 0.25) is 0 Å². The number of thiazole rings is 1. The zero-order chi connectivity index (χ0) is 21.9. The molecule has 0 saturated carbocycles. The third-order valence-corrected chi connectivity index (χ3v) is 6.65. The minimum absolute atomic E-state index is 0.0428. The highest BCUT2D eigenvalue weighted by Crippen LogP contribution is 2.33. The van der Waals surface area contributed by atoms with Gasteiger partial charge in [-0.2, -0.15) is 0 Å². The number of nitrogens with one attached hydrogen (secondary N) is 1. The molecule has 0 unspecified atom stereocenters. The maximum Gasteiger partial charge on any atom is 0.317 e. The number of piperidine rings is 1. The number of fused-ring (bicyclic) bond motifs is 1. The van der Waals surface area contributed by atoms with Crippen LogP contribution in [0.5, 0.6) is 5.75 Å². The third-order valence-electron chi connectivity index (χ3n) is 5.87. The minimum atomic E-state index is -0.0428. The standard InChI is InChI=1S/C24H25N5O2S/c1-31-19-8-4-6-17(14-19)22-20-9-2-3-12-29(20)23(27-22)18-7-5-11-28(16-18)24(30)26-15-21-25-10-13-32-21/h2-4,6,8-10,12-14,18H,5,7,11,15-16H2,1H3,(H,26,30)/t18-/m1/s1. The first kappa shape index (κ1) is 20.5. The number of carbonyl (C=O) groups is 1. The highest BCUT2D eigenvalue weighted by Gasteiger charge is 2.28. The quantitative estimate of drug-likeness (QED) is 0.487. The monoisotopic (exact) mass is 447 g/mol. The van der Waals surface area contributed by atoms with Gasteiger partial charge in [0.15, 0.2) is 0 Å². The molecule has 1 aliphatic rings. The normalized spacial score (nSPS) is 16.3. The van der Waals surface area contributed by atoms with Gasteiger partial charge in [-0.1, -0.05) is 18.2 Å². The maximum absolute atomic E-state index is 12.8. The van der Waals surface area contributed by atoms with Gasteiger partial charge in [-0.05, 0) is 37.1 Å². The van der Waals surface area contributed by atoms with Crippen LogP contribution in [-0.2, 0) is 6.54 Å². The molecule has 0 spiro atoms. The average molecular weight is 448 g/mol. The topological polar surface area (TPSA) is 71.8 Å². The highest BCUT2D eigenvalue weighted by molar-refractivity contribution is 7.09. The molecule has 164 valence electrons. The van der Waals surface area contributed by atoms with Crippen LogP contribution in [0.3, 0.4) is 0 Å². The summed E-state index contributed by atoms with van der Waals surface area (Å²) in [6.45, 7) is 1.87. The van der Waals surface area contributed by atoms with Crippen molar-refractivity contribution in [3.8, 4) is 17.0 Å². The van der Waals surface area contributed by atoms with Gasteiger partial charge >= 0.3 is 6.03 Å². The summed E-state index contributed by atoms with van der Waals surface area (Å²) in [7, 11) is 1.67. The molecule has 1 fully saturated rings. The number of hydrogen-bond donors (Lipinski definition) is 1. The van der Waals surface area contributed by atoms with Crippen molar-refractivity contribution >= 4 is 22.9 Å². The molecular weight excluding hydrogens is 422 g/mol. The fourth-order valence-electron chi connectivity index (χ4n) is 4.31. The number of aromatic nitrogens is 3. The number of carbonyl (C=O) groups excluding carboxylic acids is 1. The molecule has 5 rings (SSSR count). The van der Waals surface area contributed by atoms with Crippen molar-refractivity contribution in [2.45, 2.75) is 25.3 Å². The summed E-state index contributed by atoms with van der Waals surface area (Å²) in [5, 5.41) is 5.83. The van der Waals surface area contributed by atoms with E-state index in [1.165, 1.54) is 0 Å². The van der Waals surface area contributed by atoms with E-state index in [2.05, 4.69) is 33.0 Å². The van der Waals surface area contributed by atoms with E-state index in [1.807, 2.05) is 40.6 Å². The predicted octanol–water partition coefficient (Wildman–Crippen LogP) is 4.56. The molecule has 1 atom stereocenters. The van der Waals surface area contributed by atoms with Crippen molar-refractivity contribution in [2.75, 3.05) is 20.2 Å². The smallest absolute Gasteiger partial charge is 0.317 e. The fraction of sp³-hybridized carbons (Fsp3) is 0.292. The van der Waals surface area contributed by atoms with Crippen LogP contribution >= 0.6 is 11.3 Å². The summed E-state index contributed by atoms with van der Waals surface area (Å²) in [5.74, 6) is 1.97. The molecule has 32 heavy (non-hydrogen) atoms. The van der Waals surface area contributed by atoms with Gasteiger partial charge in [0.2, 0.25) is 0 Å². The van der Waals surface area contributed by atoms with Gasteiger partial charge in [-0.15, -0.1) is 11.3 Å². The first-order valence-electron chi connectivity index (χ1n) is 10.8. The lowest BCUT2D eigenvalue weighted by molar-refractivity contribution is 0.178. The number of ether oxygens (including phenoxy) is 1. The highest BCUT2D eigenvalue weighted by atomic mass is 32.1. The zero-order valence-electron chi connectivity index (χ0n) is 17.9. The number of methoxy groups -OCH3 is 1. The van der Waals surface area contributed by atoms with Gasteiger partial charge in [0.05, 0.1) is 24.9 Å². The second-order valence-corrected chi connectivity index (χ2v) is 8.86. The number of nitrogens with zero attached hydrogens (tertiary/aromatic N) is 4. The van der Waals surface area contributed by atoms with E-state index in [-0.39, 0.29) is 11.9 Å². The number of benzene rings is 1. The molecule has 0 radical (unpaired) electrons. The molecule has 1 aliphatic heterocycles. The average Bonchev–Trinajstić information content (AvgIpc) is 3.51. The molecule has 8 heteroatoms. The van der Waals surface area contributed by atoms with Crippen LogP contribution in [0.1, 0.15) is 29.6 Å². The summed E-state index contributed by atoms with van der Waals surface area (Å²) in [4.78, 5) is 24.0. The summed E-state index contributed by atoms with van der Waals surface area (Å²) >= 11 is 1.55. The van der Waals surface area contributed by atoms with Crippen molar-refractivity contribution in [2.24, 2.45) is 0 Å². The van der Waals surface area contributed by atoms with Gasteiger partial charge < -0.3 is 19.4 Å². The Bertz CT molecular complexity index is 1220. The fourth-order valence-corrected chi connectivity index (χ4v) is 4.86. The minimum Gasteiger partial charge on any atom is -0.497 e. The van der Waals surface area contributed by atoms with Crippen LogP contribution in [0.4, 0.5) is 4.79 Å². The van der Waals surface area contributed by atoms with E-state index in [0.717, 1.165) is 52.7 Å². The van der Waals surface area contributed by atoms with Crippen LogP contribution in [0.25, 0.3) is 16.8 Å². The number of rotatable bonds is 5. The summed E-state index contributed by atoms with van der Waals surface area (Å²) in [6, 6.07) is 14.1. The lowest BCUT2D eigenvalue weighted by Gasteiger charge is -2.32. The summed E-state index contributed by atoms with van der Waals surface area (Å²) in [5.41, 5.74) is 3.01. The lowest BCUT2D eigenvalue weighted by atomic mass is 9.97.